The molecule has 32 heavy (non-hydrogen) atoms. The number of non-ortho nitro benzene ring substituents is 1. The van der Waals surface area contributed by atoms with E-state index in [9.17, 15) is 24.8 Å². The molecule has 1 saturated heterocycles. The molecule has 2 aliphatic rings. The van der Waals surface area contributed by atoms with Gasteiger partial charge in [-0.2, -0.15) is 0 Å². The number of carbonyl (C=O) groups excluding carboxylic acids is 2. The number of nitrogens with zero attached hydrogens (tertiary/aromatic N) is 2. The molecule has 0 saturated carbocycles. The van der Waals surface area contributed by atoms with E-state index >= 15 is 0 Å². The van der Waals surface area contributed by atoms with Crippen molar-refractivity contribution >= 4 is 40.2 Å². The second-order valence-electron chi connectivity index (χ2n) is 7.03. The zero-order valence-corrected chi connectivity index (χ0v) is 17.1. The number of aliphatic hydroxyl groups is 1. The number of Topliss-reactive ketones (excluding diaryl/α,β-unsaturated/α-hetero) is 1. The van der Waals surface area contributed by atoms with E-state index in [-0.39, 0.29) is 23.6 Å². The number of hydrogen-bond donors (Lipinski definition) is 1. The normalized spacial score (nSPS) is 18.9. The average Bonchev–Trinajstić information content (AvgIpc) is 3.53. The second kappa shape index (κ2) is 7.50. The third-order valence-corrected chi connectivity index (χ3v) is 6.15. The van der Waals surface area contributed by atoms with Crippen LogP contribution in [0.25, 0.3) is 5.76 Å². The maximum absolute atomic E-state index is 13.1. The lowest BCUT2D eigenvalue weighted by Gasteiger charge is -2.24. The summed E-state index contributed by atoms with van der Waals surface area (Å²) in [6, 6.07) is 12.8. The molecule has 10 heteroatoms. The van der Waals surface area contributed by atoms with Crippen LogP contribution in [0.5, 0.6) is 11.5 Å². The van der Waals surface area contributed by atoms with Crippen molar-refractivity contribution < 1.29 is 29.1 Å². The second-order valence-corrected chi connectivity index (χ2v) is 8.01. The molecule has 3 aromatic rings. The van der Waals surface area contributed by atoms with Crippen molar-refractivity contribution in [3.63, 3.8) is 0 Å². The van der Waals surface area contributed by atoms with Gasteiger partial charge in [0.15, 0.2) is 11.5 Å². The third-order valence-electron chi connectivity index (χ3n) is 5.22. The summed E-state index contributed by atoms with van der Waals surface area (Å²) >= 11 is 1.32. The maximum Gasteiger partial charge on any atom is 0.300 e. The van der Waals surface area contributed by atoms with E-state index in [4.69, 9.17) is 9.47 Å². The Bertz CT molecular complexity index is 1300. The molecule has 1 N–H and O–H groups in total. The van der Waals surface area contributed by atoms with Crippen molar-refractivity contribution in [2.45, 2.75) is 6.04 Å². The summed E-state index contributed by atoms with van der Waals surface area (Å²) in [5, 5.41) is 24.0. The number of benzene rings is 2. The van der Waals surface area contributed by atoms with Crippen LogP contribution >= 0.6 is 11.3 Å². The predicted molar refractivity (Wildman–Crippen MR) is 115 cm³/mol. The number of anilines is 1. The van der Waals surface area contributed by atoms with E-state index in [2.05, 4.69) is 0 Å². The van der Waals surface area contributed by atoms with Crippen LogP contribution in [0.2, 0.25) is 0 Å². The van der Waals surface area contributed by atoms with Crippen LogP contribution in [0.15, 0.2) is 65.6 Å². The Hall–Kier alpha value is -4.18. The summed E-state index contributed by atoms with van der Waals surface area (Å²) in [4.78, 5) is 38.6. The van der Waals surface area contributed by atoms with Gasteiger partial charge >= 0.3 is 0 Å². The lowest BCUT2D eigenvalue weighted by Crippen LogP contribution is -2.29. The summed E-state index contributed by atoms with van der Waals surface area (Å²) in [7, 11) is 0. The van der Waals surface area contributed by atoms with Crippen molar-refractivity contribution in [1.29, 1.82) is 0 Å². The number of amides is 1. The van der Waals surface area contributed by atoms with Crippen LogP contribution in [-0.2, 0) is 9.59 Å². The Balaban J connectivity index is 1.68. The predicted octanol–water partition coefficient (Wildman–Crippen LogP) is 4.01. The van der Waals surface area contributed by atoms with Gasteiger partial charge in [-0.25, -0.2) is 0 Å². The standard InChI is InChI=1S/C22H14N2O7S/c25-20(12-3-1-4-14(9-12)24(28)29)18-19(17-5-2-8-32-17)23(22(27)21(18)26)13-6-7-15-16(10-13)31-11-30-15/h1-10,19,25H,11H2/b20-18-. The van der Waals surface area contributed by atoms with Crippen LogP contribution in [-0.4, -0.2) is 28.5 Å². The van der Waals surface area contributed by atoms with Gasteiger partial charge in [-0.3, -0.25) is 24.6 Å². The average molecular weight is 450 g/mol. The Labute approximate surface area is 184 Å². The minimum absolute atomic E-state index is 0.0543. The van der Waals surface area contributed by atoms with Gasteiger partial charge in [0.05, 0.1) is 10.5 Å². The minimum atomic E-state index is -0.908. The fourth-order valence-corrected chi connectivity index (χ4v) is 4.60. The van der Waals surface area contributed by atoms with Gasteiger partial charge in [0.1, 0.15) is 11.8 Å². The van der Waals surface area contributed by atoms with Gasteiger partial charge in [0.25, 0.3) is 17.4 Å². The van der Waals surface area contributed by atoms with E-state index in [1.807, 2.05) is 0 Å². The molecule has 2 aromatic carbocycles. The molecule has 0 radical (unpaired) electrons. The van der Waals surface area contributed by atoms with Gasteiger partial charge in [0, 0.05) is 34.3 Å². The van der Waals surface area contributed by atoms with Crippen LogP contribution in [0.1, 0.15) is 16.5 Å². The van der Waals surface area contributed by atoms with E-state index in [0.29, 0.717) is 22.1 Å². The largest absolute Gasteiger partial charge is 0.507 e. The summed E-state index contributed by atoms with van der Waals surface area (Å²) in [5.74, 6) is -1.23. The molecule has 1 fully saturated rings. The molecular weight excluding hydrogens is 436 g/mol. The van der Waals surface area contributed by atoms with Gasteiger partial charge < -0.3 is 14.6 Å². The molecule has 1 aromatic heterocycles. The summed E-state index contributed by atoms with van der Waals surface area (Å²) in [6.07, 6.45) is 0. The quantitative estimate of drug-likeness (QED) is 0.210. The zero-order chi connectivity index (χ0) is 22.4. The molecule has 9 nitrogen and oxygen atoms in total. The topological polar surface area (TPSA) is 119 Å². The molecule has 1 amide bonds. The number of carbonyl (C=O) groups is 2. The smallest absolute Gasteiger partial charge is 0.300 e. The molecule has 0 aliphatic carbocycles. The van der Waals surface area contributed by atoms with Gasteiger partial charge in [-0.15, -0.1) is 11.3 Å². The third kappa shape index (κ3) is 3.08. The number of nitro groups is 1. The highest BCUT2D eigenvalue weighted by Crippen LogP contribution is 2.46. The number of fused-ring (bicyclic) bond motifs is 1. The highest BCUT2D eigenvalue weighted by atomic mass is 32.1. The fraction of sp³-hybridized carbons (Fsp3) is 0.0909. The lowest BCUT2D eigenvalue weighted by molar-refractivity contribution is -0.384. The summed E-state index contributed by atoms with van der Waals surface area (Å²) in [6.45, 7) is 0.0543. The molecule has 0 spiro atoms. The van der Waals surface area contributed by atoms with Crippen molar-refractivity contribution in [2.75, 3.05) is 11.7 Å². The molecule has 3 heterocycles. The first kappa shape index (κ1) is 19.8. The first-order valence-corrected chi connectivity index (χ1v) is 10.3. The Morgan fingerprint density at radius 3 is 2.66 bits per heavy atom. The molecular formula is C22H14N2O7S. The number of hydrogen-bond acceptors (Lipinski definition) is 8. The number of ether oxygens (including phenoxy) is 2. The van der Waals surface area contributed by atoms with Crippen LogP contribution in [0, 0.1) is 10.1 Å². The van der Waals surface area contributed by atoms with Gasteiger partial charge in [0.2, 0.25) is 6.79 Å². The number of nitro benzene ring substituents is 1. The first-order valence-electron chi connectivity index (χ1n) is 9.44. The van der Waals surface area contributed by atoms with Crippen molar-refractivity contribution in [1.82, 2.24) is 0 Å². The number of aliphatic hydroxyl groups excluding tert-OH is 1. The monoisotopic (exact) mass is 450 g/mol. The number of rotatable bonds is 4. The van der Waals surface area contributed by atoms with Crippen molar-refractivity contribution in [3.8, 4) is 11.5 Å². The molecule has 160 valence electrons. The van der Waals surface area contributed by atoms with E-state index in [1.54, 1.807) is 35.7 Å². The summed E-state index contributed by atoms with van der Waals surface area (Å²) in [5.41, 5.74) is 0.0830. The van der Waals surface area contributed by atoms with Crippen molar-refractivity contribution in [3.05, 3.63) is 86.1 Å². The molecule has 1 unspecified atom stereocenters. The maximum atomic E-state index is 13.1. The SMILES string of the molecule is O=C1C(=O)N(c2ccc3c(c2)OCO3)C(c2cccs2)/C1=C(/O)c1cccc([N+](=O)[O-])c1. The van der Waals surface area contributed by atoms with Crippen molar-refractivity contribution in [2.24, 2.45) is 0 Å². The number of thiophene rings is 1. The fourth-order valence-electron chi connectivity index (χ4n) is 3.77. The van der Waals surface area contributed by atoms with E-state index < -0.39 is 28.4 Å². The molecule has 5 rings (SSSR count). The van der Waals surface area contributed by atoms with E-state index in [1.165, 1.54) is 34.4 Å². The van der Waals surface area contributed by atoms with Gasteiger partial charge in [-0.1, -0.05) is 18.2 Å². The Kier molecular flexibility index (Phi) is 4.63. The number of ketones is 1. The molecule has 2 aliphatic heterocycles. The highest BCUT2D eigenvalue weighted by Gasteiger charge is 2.47. The minimum Gasteiger partial charge on any atom is -0.507 e. The summed E-state index contributed by atoms with van der Waals surface area (Å²) < 4.78 is 10.7. The van der Waals surface area contributed by atoms with Gasteiger partial charge in [-0.05, 0) is 23.6 Å². The van der Waals surface area contributed by atoms with E-state index in [0.717, 1.165) is 6.07 Å². The van der Waals surface area contributed by atoms with Crippen LogP contribution in [0.4, 0.5) is 11.4 Å². The first-order chi connectivity index (χ1) is 15.5. The molecule has 1 atom stereocenters. The Morgan fingerprint density at radius 1 is 1.09 bits per heavy atom. The van der Waals surface area contributed by atoms with Crippen LogP contribution < -0.4 is 14.4 Å². The lowest BCUT2D eigenvalue weighted by atomic mass is 9.99. The highest BCUT2D eigenvalue weighted by molar-refractivity contribution is 7.10. The van der Waals surface area contributed by atoms with Crippen LogP contribution in [0.3, 0.4) is 0 Å². The Morgan fingerprint density at radius 2 is 1.91 bits per heavy atom. The zero-order valence-electron chi connectivity index (χ0n) is 16.3. The molecule has 0 bridgehead atoms.